The Balaban J connectivity index is 1.86. The molecule has 0 aliphatic carbocycles. The van der Waals surface area contributed by atoms with Crippen molar-refractivity contribution < 1.29 is 5.11 Å². The normalized spacial score (nSPS) is 12.9. The van der Waals surface area contributed by atoms with Gasteiger partial charge in [-0.25, -0.2) is 0 Å². The molecule has 2 rings (SSSR count). The second-order valence-electron chi connectivity index (χ2n) is 5.88. The van der Waals surface area contributed by atoms with Crippen molar-refractivity contribution in [1.82, 2.24) is 15.1 Å². The Morgan fingerprint density at radius 2 is 1.81 bits per heavy atom. The molecule has 4 nitrogen and oxygen atoms in total. The summed E-state index contributed by atoms with van der Waals surface area (Å²) >= 11 is 0. The zero-order valence-corrected chi connectivity index (χ0v) is 13.3. The van der Waals surface area contributed by atoms with Crippen molar-refractivity contribution in [3.8, 4) is 0 Å². The number of aliphatic hydroxyl groups is 1. The van der Waals surface area contributed by atoms with Gasteiger partial charge in [-0.1, -0.05) is 38.1 Å². The van der Waals surface area contributed by atoms with Gasteiger partial charge in [0.25, 0.3) is 0 Å². The highest BCUT2D eigenvalue weighted by Crippen LogP contribution is 2.18. The molecule has 114 valence electrons. The third-order valence-electron chi connectivity index (χ3n) is 3.76. The summed E-state index contributed by atoms with van der Waals surface area (Å²) in [6.07, 6.45) is 1.52. The molecule has 1 aromatic carbocycles. The van der Waals surface area contributed by atoms with Crippen molar-refractivity contribution in [1.29, 1.82) is 0 Å². The minimum absolute atomic E-state index is 0.483. The van der Waals surface area contributed by atoms with Crippen LogP contribution >= 0.6 is 0 Å². The smallest absolute Gasteiger partial charge is 0.0914 e. The second-order valence-corrected chi connectivity index (χ2v) is 5.88. The lowest BCUT2D eigenvalue weighted by Gasteiger charge is -2.13. The van der Waals surface area contributed by atoms with Gasteiger partial charge in [0.05, 0.1) is 11.8 Å². The minimum Gasteiger partial charge on any atom is -0.387 e. The van der Waals surface area contributed by atoms with E-state index in [9.17, 15) is 5.11 Å². The Labute approximate surface area is 126 Å². The average Bonchev–Trinajstić information content (AvgIpc) is 2.77. The summed E-state index contributed by atoms with van der Waals surface area (Å²) in [6, 6.07) is 8.21. The quantitative estimate of drug-likeness (QED) is 0.859. The molecule has 0 aliphatic rings. The molecule has 2 N–H and O–H groups in total. The topological polar surface area (TPSA) is 50.1 Å². The first-order valence-corrected chi connectivity index (χ1v) is 7.45. The fourth-order valence-electron chi connectivity index (χ4n) is 2.39. The molecule has 0 radical (unpaired) electrons. The molecule has 0 amide bonds. The monoisotopic (exact) mass is 287 g/mol. The van der Waals surface area contributed by atoms with Gasteiger partial charge in [0.1, 0.15) is 0 Å². The van der Waals surface area contributed by atoms with E-state index in [-0.39, 0.29) is 0 Å². The highest BCUT2D eigenvalue weighted by Gasteiger charge is 2.09. The van der Waals surface area contributed by atoms with E-state index in [0.717, 1.165) is 17.8 Å². The number of nitrogens with zero attached hydrogens (tertiary/aromatic N) is 2. The van der Waals surface area contributed by atoms with Gasteiger partial charge in [-0.3, -0.25) is 4.68 Å². The number of benzene rings is 1. The molecule has 0 bridgehead atoms. The molecule has 1 atom stereocenters. The maximum absolute atomic E-state index is 10.2. The van der Waals surface area contributed by atoms with Gasteiger partial charge in [0.2, 0.25) is 0 Å². The van der Waals surface area contributed by atoms with Gasteiger partial charge < -0.3 is 10.4 Å². The fraction of sp³-hybridized carbons (Fsp3) is 0.471. The number of rotatable bonds is 6. The van der Waals surface area contributed by atoms with Crippen LogP contribution < -0.4 is 5.32 Å². The van der Waals surface area contributed by atoms with Crippen LogP contribution in [0.2, 0.25) is 0 Å². The van der Waals surface area contributed by atoms with Crippen molar-refractivity contribution >= 4 is 0 Å². The molecule has 0 aliphatic heterocycles. The average molecular weight is 287 g/mol. The van der Waals surface area contributed by atoms with Crippen molar-refractivity contribution in [3.05, 3.63) is 52.8 Å². The zero-order valence-electron chi connectivity index (χ0n) is 13.3. The van der Waals surface area contributed by atoms with E-state index in [0.29, 0.717) is 12.5 Å². The number of nitrogens with one attached hydrogen (secondary N) is 1. The SMILES string of the molecule is Cc1nn(C)cc1CNCC(O)c1ccc(C(C)C)cc1. The molecule has 4 heteroatoms. The first-order chi connectivity index (χ1) is 9.97. The van der Waals surface area contributed by atoms with Gasteiger partial charge in [-0.05, 0) is 24.0 Å². The number of aliphatic hydroxyl groups excluding tert-OH is 1. The van der Waals surface area contributed by atoms with E-state index in [1.54, 1.807) is 0 Å². The molecule has 1 heterocycles. The summed E-state index contributed by atoms with van der Waals surface area (Å²) < 4.78 is 1.81. The highest BCUT2D eigenvalue weighted by atomic mass is 16.3. The summed E-state index contributed by atoms with van der Waals surface area (Å²) in [4.78, 5) is 0. The minimum atomic E-state index is -0.483. The third-order valence-corrected chi connectivity index (χ3v) is 3.76. The number of aromatic nitrogens is 2. The molecule has 0 saturated carbocycles. The summed E-state index contributed by atoms with van der Waals surface area (Å²) in [5.74, 6) is 0.517. The Hall–Kier alpha value is -1.65. The number of hydrogen-bond acceptors (Lipinski definition) is 3. The van der Waals surface area contributed by atoms with Crippen LogP contribution in [0.25, 0.3) is 0 Å². The van der Waals surface area contributed by atoms with E-state index in [4.69, 9.17) is 0 Å². The Morgan fingerprint density at radius 3 is 2.33 bits per heavy atom. The zero-order chi connectivity index (χ0) is 15.4. The predicted octanol–water partition coefficient (Wildman–Crippen LogP) is 2.68. The van der Waals surface area contributed by atoms with Gasteiger partial charge >= 0.3 is 0 Å². The molecular weight excluding hydrogens is 262 g/mol. The van der Waals surface area contributed by atoms with Crippen molar-refractivity contribution in [3.63, 3.8) is 0 Å². The lowest BCUT2D eigenvalue weighted by Crippen LogP contribution is -2.21. The van der Waals surface area contributed by atoms with Crippen molar-refractivity contribution in [2.75, 3.05) is 6.54 Å². The molecule has 2 aromatic rings. The largest absolute Gasteiger partial charge is 0.387 e. The lowest BCUT2D eigenvalue weighted by molar-refractivity contribution is 0.174. The predicted molar refractivity (Wildman–Crippen MR) is 85.1 cm³/mol. The maximum atomic E-state index is 10.2. The van der Waals surface area contributed by atoms with Gasteiger partial charge in [0.15, 0.2) is 0 Å². The van der Waals surface area contributed by atoms with Crippen LogP contribution in [0.15, 0.2) is 30.5 Å². The molecule has 21 heavy (non-hydrogen) atoms. The van der Waals surface area contributed by atoms with Crippen molar-refractivity contribution in [2.45, 2.75) is 39.3 Å². The van der Waals surface area contributed by atoms with Crippen LogP contribution in [0, 0.1) is 6.92 Å². The van der Waals surface area contributed by atoms with Crippen LogP contribution in [0.3, 0.4) is 0 Å². The van der Waals surface area contributed by atoms with Crippen LogP contribution in [-0.4, -0.2) is 21.4 Å². The second kappa shape index (κ2) is 6.87. The van der Waals surface area contributed by atoms with Gasteiger partial charge in [-0.15, -0.1) is 0 Å². The molecule has 0 fully saturated rings. The highest BCUT2D eigenvalue weighted by molar-refractivity contribution is 5.26. The van der Waals surface area contributed by atoms with Gasteiger partial charge in [-0.2, -0.15) is 5.10 Å². The molecule has 0 saturated heterocycles. The molecule has 1 aromatic heterocycles. The first kappa shape index (κ1) is 15.7. The molecule has 0 spiro atoms. The Bertz CT molecular complexity index is 572. The van der Waals surface area contributed by atoms with E-state index >= 15 is 0 Å². The van der Waals surface area contributed by atoms with E-state index in [2.05, 4.69) is 36.4 Å². The van der Waals surface area contributed by atoms with Crippen LogP contribution in [0.1, 0.15) is 48.3 Å². The number of hydrogen-bond donors (Lipinski definition) is 2. The van der Waals surface area contributed by atoms with Crippen LogP contribution in [-0.2, 0) is 13.6 Å². The lowest BCUT2D eigenvalue weighted by atomic mass is 10.00. The first-order valence-electron chi connectivity index (χ1n) is 7.45. The molecule has 1 unspecified atom stereocenters. The standard InChI is InChI=1S/C17H25N3O/c1-12(2)14-5-7-15(8-6-14)17(21)10-18-9-16-11-20(4)19-13(16)3/h5-8,11-12,17-18,21H,9-10H2,1-4H3. The summed E-state index contributed by atoms with van der Waals surface area (Å²) in [5, 5.41) is 17.8. The van der Waals surface area contributed by atoms with Gasteiger partial charge in [0, 0.05) is 31.9 Å². The summed E-state index contributed by atoms with van der Waals surface area (Å²) in [6.45, 7) is 7.60. The fourth-order valence-corrected chi connectivity index (χ4v) is 2.39. The van der Waals surface area contributed by atoms with E-state index in [1.807, 2.05) is 37.0 Å². The summed E-state index contributed by atoms with van der Waals surface area (Å²) in [5.41, 5.74) is 4.44. The maximum Gasteiger partial charge on any atom is 0.0914 e. The van der Waals surface area contributed by atoms with Crippen LogP contribution in [0.5, 0.6) is 0 Å². The van der Waals surface area contributed by atoms with Crippen molar-refractivity contribution in [2.24, 2.45) is 7.05 Å². The number of aryl methyl sites for hydroxylation is 2. The van der Waals surface area contributed by atoms with Crippen LogP contribution in [0.4, 0.5) is 0 Å². The van der Waals surface area contributed by atoms with E-state index in [1.165, 1.54) is 11.1 Å². The Kier molecular flexibility index (Phi) is 5.15. The summed E-state index contributed by atoms with van der Waals surface area (Å²) in [7, 11) is 1.92. The van der Waals surface area contributed by atoms with E-state index < -0.39 is 6.10 Å². The Morgan fingerprint density at radius 1 is 1.19 bits per heavy atom. The molecular formula is C17H25N3O. The third kappa shape index (κ3) is 4.16.